The molecular weight excluding hydrogens is 466 g/mol. The second-order valence-electron chi connectivity index (χ2n) is 7.53. The Kier molecular flexibility index (Phi) is 7.32. The summed E-state index contributed by atoms with van der Waals surface area (Å²) in [6.45, 7) is 2.02. The number of hydrazone groups is 1. The number of aryl methyl sites for hydroxylation is 1. The zero-order chi connectivity index (χ0) is 24.8. The SMILES string of the molecule is COc1ccc(-n2c(SCC(=O)N/N=C\c3ccc(O)cc3O)nnc2-c2ccc(C)cc2)cc1. The first-order chi connectivity index (χ1) is 16.9. The molecule has 4 rings (SSSR count). The predicted octanol–water partition coefficient (Wildman–Crippen LogP) is 3.90. The Morgan fingerprint density at radius 1 is 1.09 bits per heavy atom. The number of rotatable bonds is 8. The fraction of sp³-hybridized carbons (Fsp3) is 0.120. The zero-order valence-electron chi connectivity index (χ0n) is 19.0. The van der Waals surface area contributed by atoms with Crippen molar-refractivity contribution < 1.29 is 19.7 Å². The van der Waals surface area contributed by atoms with Gasteiger partial charge in [-0.3, -0.25) is 9.36 Å². The summed E-state index contributed by atoms with van der Waals surface area (Å²) >= 11 is 1.22. The summed E-state index contributed by atoms with van der Waals surface area (Å²) in [7, 11) is 1.61. The van der Waals surface area contributed by atoms with Crippen LogP contribution in [0.4, 0.5) is 0 Å². The molecule has 0 aliphatic heterocycles. The van der Waals surface area contributed by atoms with Crippen LogP contribution in [-0.4, -0.2) is 50.0 Å². The number of nitrogens with one attached hydrogen (secondary N) is 1. The van der Waals surface area contributed by atoms with Crippen molar-refractivity contribution in [2.45, 2.75) is 12.1 Å². The highest BCUT2D eigenvalue weighted by Gasteiger charge is 2.17. The summed E-state index contributed by atoms with van der Waals surface area (Å²) in [5.74, 6) is 0.857. The number of ether oxygens (including phenoxy) is 1. The van der Waals surface area contributed by atoms with Crippen LogP contribution in [0, 0.1) is 6.92 Å². The first-order valence-corrected chi connectivity index (χ1v) is 11.6. The van der Waals surface area contributed by atoms with E-state index in [4.69, 9.17) is 4.74 Å². The fourth-order valence-corrected chi connectivity index (χ4v) is 3.94. The van der Waals surface area contributed by atoms with E-state index in [-0.39, 0.29) is 23.2 Å². The lowest BCUT2D eigenvalue weighted by Crippen LogP contribution is -2.20. The molecule has 0 saturated carbocycles. The Bertz CT molecular complexity index is 1350. The van der Waals surface area contributed by atoms with Gasteiger partial charge >= 0.3 is 0 Å². The Morgan fingerprint density at radius 2 is 1.83 bits per heavy atom. The summed E-state index contributed by atoms with van der Waals surface area (Å²) in [4.78, 5) is 12.4. The van der Waals surface area contributed by atoms with Gasteiger partial charge in [-0.05, 0) is 43.3 Å². The van der Waals surface area contributed by atoms with Gasteiger partial charge in [0, 0.05) is 22.9 Å². The zero-order valence-corrected chi connectivity index (χ0v) is 19.9. The minimum absolute atomic E-state index is 0.0427. The Balaban J connectivity index is 1.52. The topological polar surface area (TPSA) is 122 Å². The van der Waals surface area contributed by atoms with Crippen molar-refractivity contribution in [3.05, 3.63) is 77.9 Å². The van der Waals surface area contributed by atoms with Crippen LogP contribution in [0.3, 0.4) is 0 Å². The number of aromatic hydroxyl groups is 2. The molecule has 3 aromatic carbocycles. The first kappa shape index (κ1) is 23.8. The van der Waals surface area contributed by atoms with E-state index in [1.165, 1.54) is 36.2 Å². The van der Waals surface area contributed by atoms with E-state index in [1.54, 1.807) is 7.11 Å². The van der Waals surface area contributed by atoms with Crippen molar-refractivity contribution in [1.29, 1.82) is 0 Å². The summed E-state index contributed by atoms with van der Waals surface area (Å²) in [6.07, 6.45) is 1.30. The van der Waals surface area contributed by atoms with Crippen molar-refractivity contribution in [1.82, 2.24) is 20.2 Å². The highest BCUT2D eigenvalue weighted by molar-refractivity contribution is 7.99. The minimum Gasteiger partial charge on any atom is -0.508 e. The number of hydrogen-bond acceptors (Lipinski definition) is 8. The van der Waals surface area contributed by atoms with Crippen LogP contribution in [0.25, 0.3) is 17.1 Å². The molecule has 1 heterocycles. The molecule has 178 valence electrons. The lowest BCUT2D eigenvalue weighted by molar-refractivity contribution is -0.118. The number of nitrogens with zero attached hydrogens (tertiary/aromatic N) is 4. The van der Waals surface area contributed by atoms with Crippen LogP contribution in [0.5, 0.6) is 17.2 Å². The van der Waals surface area contributed by atoms with Crippen LogP contribution in [0.1, 0.15) is 11.1 Å². The second-order valence-corrected chi connectivity index (χ2v) is 8.47. The van der Waals surface area contributed by atoms with Crippen molar-refractivity contribution in [2.24, 2.45) is 5.10 Å². The number of phenols is 2. The molecule has 3 N–H and O–H groups in total. The minimum atomic E-state index is -0.356. The van der Waals surface area contributed by atoms with Gasteiger partial charge in [0.2, 0.25) is 0 Å². The number of amides is 1. The maximum absolute atomic E-state index is 12.4. The summed E-state index contributed by atoms with van der Waals surface area (Å²) in [6, 6.07) is 19.6. The smallest absolute Gasteiger partial charge is 0.250 e. The number of methoxy groups -OCH3 is 1. The standard InChI is InChI=1S/C25H23N5O4S/c1-16-3-5-17(6-4-16)24-28-29-25(30(24)19-8-11-21(34-2)12-9-19)35-15-23(33)27-26-14-18-7-10-20(31)13-22(18)32/h3-14,31-32H,15H2,1-2H3,(H,27,33)/b26-14-. The maximum atomic E-state index is 12.4. The normalized spacial score (nSPS) is 11.0. The van der Waals surface area contributed by atoms with Crippen molar-refractivity contribution >= 4 is 23.9 Å². The number of carbonyl (C=O) groups is 1. The van der Waals surface area contributed by atoms with E-state index in [2.05, 4.69) is 20.7 Å². The Labute approximate surface area is 206 Å². The number of aromatic nitrogens is 3. The molecule has 10 heteroatoms. The Morgan fingerprint density at radius 3 is 2.51 bits per heavy atom. The van der Waals surface area contributed by atoms with Crippen LogP contribution in [0.15, 0.2) is 77.0 Å². The predicted molar refractivity (Wildman–Crippen MR) is 134 cm³/mol. The fourth-order valence-electron chi connectivity index (χ4n) is 3.19. The Hall–Kier alpha value is -4.31. The molecule has 0 bridgehead atoms. The van der Waals surface area contributed by atoms with Crippen molar-refractivity contribution in [3.8, 4) is 34.3 Å². The second kappa shape index (κ2) is 10.7. The molecule has 1 amide bonds. The van der Waals surface area contributed by atoms with Gasteiger partial charge in [0.1, 0.15) is 17.2 Å². The van der Waals surface area contributed by atoms with Crippen LogP contribution in [0.2, 0.25) is 0 Å². The molecule has 1 aromatic heterocycles. The van der Waals surface area contributed by atoms with Gasteiger partial charge in [0.25, 0.3) is 5.91 Å². The average Bonchev–Trinajstić information content (AvgIpc) is 3.28. The number of carbonyl (C=O) groups excluding carboxylic acids is 1. The number of benzene rings is 3. The van der Waals surface area contributed by atoms with E-state index >= 15 is 0 Å². The van der Waals surface area contributed by atoms with Crippen molar-refractivity contribution in [3.63, 3.8) is 0 Å². The molecule has 4 aromatic rings. The largest absolute Gasteiger partial charge is 0.508 e. The summed E-state index contributed by atoms with van der Waals surface area (Å²) in [5.41, 5.74) is 5.64. The van der Waals surface area contributed by atoms with Gasteiger partial charge in [-0.2, -0.15) is 5.10 Å². The summed E-state index contributed by atoms with van der Waals surface area (Å²) in [5, 5.41) is 32.3. The molecule has 35 heavy (non-hydrogen) atoms. The third kappa shape index (κ3) is 5.79. The van der Waals surface area contributed by atoms with Gasteiger partial charge in [-0.15, -0.1) is 10.2 Å². The maximum Gasteiger partial charge on any atom is 0.250 e. The molecule has 0 unspecified atom stereocenters. The lowest BCUT2D eigenvalue weighted by Gasteiger charge is -2.11. The van der Waals surface area contributed by atoms with E-state index in [9.17, 15) is 15.0 Å². The molecule has 0 spiro atoms. The third-order valence-corrected chi connectivity index (χ3v) is 5.94. The summed E-state index contributed by atoms with van der Waals surface area (Å²) < 4.78 is 7.16. The van der Waals surface area contributed by atoms with E-state index in [0.717, 1.165) is 22.6 Å². The van der Waals surface area contributed by atoms with Gasteiger partial charge in [0.15, 0.2) is 11.0 Å². The van der Waals surface area contributed by atoms with Gasteiger partial charge in [0.05, 0.1) is 19.1 Å². The number of phenolic OH excluding ortho intramolecular Hbond substituents is 2. The quantitative estimate of drug-likeness (QED) is 0.195. The number of thioether (sulfide) groups is 1. The van der Waals surface area contributed by atoms with Gasteiger partial charge < -0.3 is 14.9 Å². The van der Waals surface area contributed by atoms with Gasteiger partial charge in [-0.25, -0.2) is 5.43 Å². The molecule has 0 saturated heterocycles. The number of hydrogen-bond donors (Lipinski definition) is 3. The highest BCUT2D eigenvalue weighted by atomic mass is 32.2. The lowest BCUT2D eigenvalue weighted by atomic mass is 10.1. The molecule has 0 aliphatic carbocycles. The average molecular weight is 490 g/mol. The van der Waals surface area contributed by atoms with Crippen molar-refractivity contribution in [2.75, 3.05) is 12.9 Å². The highest BCUT2D eigenvalue weighted by Crippen LogP contribution is 2.29. The molecule has 0 aliphatic rings. The van der Waals surface area contributed by atoms with E-state index in [1.807, 2.05) is 60.0 Å². The van der Waals surface area contributed by atoms with E-state index < -0.39 is 0 Å². The molecular formula is C25H23N5O4S. The van der Waals surface area contributed by atoms with Crippen LogP contribution < -0.4 is 10.2 Å². The first-order valence-electron chi connectivity index (χ1n) is 10.6. The molecule has 0 radical (unpaired) electrons. The monoisotopic (exact) mass is 489 g/mol. The van der Waals surface area contributed by atoms with E-state index in [0.29, 0.717) is 16.5 Å². The van der Waals surface area contributed by atoms with Gasteiger partial charge in [-0.1, -0.05) is 41.6 Å². The third-order valence-electron chi connectivity index (χ3n) is 5.01. The van der Waals surface area contributed by atoms with Crippen LogP contribution >= 0.6 is 11.8 Å². The molecule has 9 nitrogen and oxygen atoms in total. The molecule has 0 fully saturated rings. The molecule has 0 atom stereocenters. The van der Waals surface area contributed by atoms with Crippen LogP contribution in [-0.2, 0) is 4.79 Å².